The molecule has 0 aliphatic rings. The molecule has 1 aromatic rings. The molecule has 0 saturated heterocycles. The second kappa shape index (κ2) is 6.78. The molecule has 5 heteroatoms. The lowest BCUT2D eigenvalue weighted by atomic mass is 9.93. The molecule has 3 nitrogen and oxygen atoms in total. The number of nitrogens with two attached hydrogens (primary N) is 1. The first kappa shape index (κ1) is 15.0. The Labute approximate surface area is 106 Å². The third-order valence-corrected chi connectivity index (χ3v) is 2.77. The van der Waals surface area contributed by atoms with E-state index in [2.05, 4.69) is 5.43 Å². The molecule has 0 spiro atoms. The highest BCUT2D eigenvalue weighted by Crippen LogP contribution is 2.25. The smallest absolute Gasteiger partial charge is 0.126 e. The van der Waals surface area contributed by atoms with E-state index in [9.17, 15) is 8.78 Å². The van der Waals surface area contributed by atoms with E-state index in [1.54, 1.807) is 0 Å². The van der Waals surface area contributed by atoms with Gasteiger partial charge in [0, 0.05) is 12.7 Å². The van der Waals surface area contributed by atoms with Crippen molar-refractivity contribution < 1.29 is 13.5 Å². The molecule has 2 atom stereocenters. The SMILES string of the molecule is CCOC(C(C)C)C(NN)c1cc(F)cc(F)c1. The maximum absolute atomic E-state index is 13.2. The van der Waals surface area contributed by atoms with Crippen LogP contribution >= 0.6 is 0 Å². The van der Waals surface area contributed by atoms with Crippen LogP contribution in [0.25, 0.3) is 0 Å². The first-order chi connectivity index (χ1) is 8.49. The van der Waals surface area contributed by atoms with Gasteiger partial charge in [0.1, 0.15) is 11.6 Å². The van der Waals surface area contributed by atoms with Crippen molar-refractivity contribution in [3.05, 3.63) is 35.4 Å². The second-order valence-electron chi connectivity index (χ2n) is 4.51. The van der Waals surface area contributed by atoms with Gasteiger partial charge in [0.15, 0.2) is 0 Å². The van der Waals surface area contributed by atoms with Crippen LogP contribution in [0.2, 0.25) is 0 Å². The molecule has 1 rings (SSSR count). The number of nitrogens with one attached hydrogen (secondary N) is 1. The molecule has 0 saturated carbocycles. The van der Waals surface area contributed by atoms with Crippen LogP contribution in [0.15, 0.2) is 18.2 Å². The van der Waals surface area contributed by atoms with Gasteiger partial charge in [-0.3, -0.25) is 11.3 Å². The second-order valence-corrected chi connectivity index (χ2v) is 4.51. The number of hydrogen-bond acceptors (Lipinski definition) is 3. The van der Waals surface area contributed by atoms with Crippen molar-refractivity contribution in [1.82, 2.24) is 5.43 Å². The summed E-state index contributed by atoms with van der Waals surface area (Å²) in [7, 11) is 0. The van der Waals surface area contributed by atoms with Crippen LogP contribution in [0.1, 0.15) is 32.4 Å². The molecule has 1 aromatic carbocycles. The summed E-state index contributed by atoms with van der Waals surface area (Å²) in [6.07, 6.45) is -0.249. The fourth-order valence-electron chi connectivity index (χ4n) is 2.00. The number of rotatable bonds is 6. The van der Waals surface area contributed by atoms with Crippen LogP contribution in [0.5, 0.6) is 0 Å². The summed E-state index contributed by atoms with van der Waals surface area (Å²) in [5.74, 6) is 4.42. The summed E-state index contributed by atoms with van der Waals surface area (Å²) in [5, 5.41) is 0. The van der Waals surface area contributed by atoms with Crippen LogP contribution in [-0.2, 0) is 4.74 Å². The summed E-state index contributed by atoms with van der Waals surface area (Å²) in [6, 6.07) is 2.92. The molecular weight excluding hydrogens is 238 g/mol. The molecule has 0 amide bonds. The number of halogens is 2. The van der Waals surface area contributed by atoms with Gasteiger partial charge in [-0.05, 0) is 30.5 Å². The van der Waals surface area contributed by atoms with Gasteiger partial charge in [-0.25, -0.2) is 8.78 Å². The van der Waals surface area contributed by atoms with Crippen molar-refractivity contribution in [2.24, 2.45) is 11.8 Å². The Kier molecular flexibility index (Phi) is 5.65. The Morgan fingerprint density at radius 2 is 1.78 bits per heavy atom. The minimum Gasteiger partial charge on any atom is -0.376 e. The Morgan fingerprint density at radius 3 is 2.17 bits per heavy atom. The standard InChI is InChI=1S/C13H20F2N2O/c1-4-18-13(8(2)3)12(17-16)9-5-10(14)7-11(15)6-9/h5-8,12-13,17H,4,16H2,1-3H3. The Hall–Kier alpha value is -1.04. The van der Waals surface area contributed by atoms with E-state index in [1.807, 2.05) is 20.8 Å². The number of benzene rings is 1. The molecule has 0 fully saturated rings. The van der Waals surface area contributed by atoms with Gasteiger partial charge in [-0.1, -0.05) is 13.8 Å². The quantitative estimate of drug-likeness (QED) is 0.609. The summed E-state index contributed by atoms with van der Waals surface area (Å²) >= 11 is 0. The van der Waals surface area contributed by atoms with E-state index in [-0.39, 0.29) is 12.0 Å². The van der Waals surface area contributed by atoms with Gasteiger partial charge >= 0.3 is 0 Å². The molecule has 3 N–H and O–H groups in total. The summed E-state index contributed by atoms with van der Waals surface area (Å²) in [4.78, 5) is 0. The highest BCUT2D eigenvalue weighted by atomic mass is 19.1. The van der Waals surface area contributed by atoms with Crippen molar-refractivity contribution in [3.63, 3.8) is 0 Å². The number of hydrogen-bond donors (Lipinski definition) is 2. The third-order valence-electron chi connectivity index (χ3n) is 2.77. The van der Waals surface area contributed by atoms with E-state index in [0.717, 1.165) is 6.07 Å². The first-order valence-electron chi connectivity index (χ1n) is 6.03. The topological polar surface area (TPSA) is 47.3 Å². The lowest BCUT2D eigenvalue weighted by molar-refractivity contribution is 0.00265. The summed E-state index contributed by atoms with van der Waals surface area (Å²) in [5.41, 5.74) is 3.03. The predicted octanol–water partition coefficient (Wildman–Crippen LogP) is 2.53. The first-order valence-corrected chi connectivity index (χ1v) is 6.03. The van der Waals surface area contributed by atoms with Gasteiger partial charge < -0.3 is 4.74 Å². The van der Waals surface area contributed by atoms with Gasteiger partial charge in [0.25, 0.3) is 0 Å². The predicted molar refractivity (Wildman–Crippen MR) is 66.7 cm³/mol. The van der Waals surface area contributed by atoms with Gasteiger partial charge in [-0.2, -0.15) is 0 Å². The molecule has 0 aliphatic carbocycles. The van der Waals surface area contributed by atoms with Crippen LogP contribution in [0.3, 0.4) is 0 Å². The van der Waals surface area contributed by atoms with Crippen molar-refractivity contribution in [1.29, 1.82) is 0 Å². The normalized spacial score (nSPS) is 14.8. The van der Waals surface area contributed by atoms with Crippen molar-refractivity contribution in [2.45, 2.75) is 32.9 Å². The van der Waals surface area contributed by atoms with Crippen LogP contribution in [-0.4, -0.2) is 12.7 Å². The molecule has 18 heavy (non-hydrogen) atoms. The van der Waals surface area contributed by atoms with Gasteiger partial charge in [0.2, 0.25) is 0 Å². The maximum Gasteiger partial charge on any atom is 0.126 e. The van der Waals surface area contributed by atoms with Gasteiger partial charge in [0.05, 0.1) is 12.1 Å². The summed E-state index contributed by atoms with van der Waals surface area (Å²) < 4.78 is 32.1. The molecular formula is C13H20F2N2O. The fraction of sp³-hybridized carbons (Fsp3) is 0.538. The molecule has 0 bridgehead atoms. The Balaban J connectivity index is 3.06. The van der Waals surface area contributed by atoms with E-state index in [1.165, 1.54) is 12.1 Å². The minimum absolute atomic E-state index is 0.164. The minimum atomic E-state index is -0.621. The fourth-order valence-corrected chi connectivity index (χ4v) is 2.00. The van der Waals surface area contributed by atoms with Crippen LogP contribution in [0.4, 0.5) is 8.78 Å². The van der Waals surface area contributed by atoms with Gasteiger partial charge in [-0.15, -0.1) is 0 Å². The number of ether oxygens (including phenoxy) is 1. The maximum atomic E-state index is 13.2. The Bertz CT molecular complexity index is 365. The van der Waals surface area contributed by atoms with E-state index >= 15 is 0 Å². The average Bonchev–Trinajstić information content (AvgIpc) is 2.27. The molecule has 0 aromatic heterocycles. The summed E-state index contributed by atoms with van der Waals surface area (Å²) in [6.45, 7) is 6.33. The zero-order valence-electron chi connectivity index (χ0n) is 10.9. The largest absolute Gasteiger partial charge is 0.376 e. The van der Waals surface area contributed by atoms with Crippen LogP contribution < -0.4 is 11.3 Å². The van der Waals surface area contributed by atoms with Crippen molar-refractivity contribution >= 4 is 0 Å². The zero-order chi connectivity index (χ0) is 13.7. The Morgan fingerprint density at radius 1 is 1.22 bits per heavy atom. The van der Waals surface area contributed by atoms with Crippen molar-refractivity contribution in [2.75, 3.05) is 6.61 Å². The lowest BCUT2D eigenvalue weighted by Gasteiger charge is -2.29. The molecule has 0 aliphatic heterocycles. The van der Waals surface area contributed by atoms with Crippen molar-refractivity contribution in [3.8, 4) is 0 Å². The molecule has 2 unspecified atom stereocenters. The molecule has 0 radical (unpaired) electrons. The zero-order valence-corrected chi connectivity index (χ0v) is 10.9. The highest BCUT2D eigenvalue weighted by Gasteiger charge is 2.26. The molecule has 0 heterocycles. The van der Waals surface area contributed by atoms with E-state index in [4.69, 9.17) is 10.6 Å². The third kappa shape index (κ3) is 3.73. The van der Waals surface area contributed by atoms with Crippen LogP contribution in [0, 0.1) is 17.6 Å². The highest BCUT2D eigenvalue weighted by molar-refractivity contribution is 5.22. The monoisotopic (exact) mass is 258 g/mol. The number of hydrazine groups is 1. The molecule has 102 valence electrons. The lowest BCUT2D eigenvalue weighted by Crippen LogP contribution is -2.40. The van der Waals surface area contributed by atoms with E-state index in [0.29, 0.717) is 12.2 Å². The van der Waals surface area contributed by atoms with E-state index < -0.39 is 17.7 Å². The average molecular weight is 258 g/mol.